The highest BCUT2D eigenvalue weighted by Gasteiger charge is 2.29. The summed E-state index contributed by atoms with van der Waals surface area (Å²) in [5.74, 6) is 0.165. The molecular formula is C19H18ClN3O4. The van der Waals surface area contributed by atoms with Crippen LogP contribution in [0.1, 0.15) is 30.1 Å². The van der Waals surface area contributed by atoms with E-state index < -0.39 is 6.10 Å². The molecule has 1 aromatic carbocycles. The van der Waals surface area contributed by atoms with Gasteiger partial charge in [0.1, 0.15) is 11.6 Å². The van der Waals surface area contributed by atoms with Gasteiger partial charge in [0.15, 0.2) is 11.9 Å². The second-order valence-electron chi connectivity index (χ2n) is 6.17. The van der Waals surface area contributed by atoms with Crippen molar-refractivity contribution in [1.82, 2.24) is 4.98 Å². The number of fused-ring (bicyclic) bond motifs is 1. The molecular weight excluding hydrogens is 370 g/mol. The van der Waals surface area contributed by atoms with Crippen LogP contribution in [0.2, 0.25) is 5.02 Å². The lowest BCUT2D eigenvalue weighted by Crippen LogP contribution is -2.42. The Bertz CT molecular complexity index is 916. The van der Waals surface area contributed by atoms with Crippen molar-refractivity contribution in [2.45, 2.75) is 25.9 Å². The van der Waals surface area contributed by atoms with E-state index in [0.717, 1.165) is 0 Å². The molecule has 0 saturated heterocycles. The number of nitrogens with one attached hydrogen (secondary N) is 1. The largest absolute Gasteiger partial charge is 0.479 e. The van der Waals surface area contributed by atoms with Crippen molar-refractivity contribution in [3.8, 4) is 5.75 Å². The highest BCUT2D eigenvalue weighted by molar-refractivity contribution is 6.30. The van der Waals surface area contributed by atoms with Gasteiger partial charge in [-0.25, -0.2) is 4.98 Å². The fourth-order valence-corrected chi connectivity index (χ4v) is 2.89. The molecule has 0 saturated carbocycles. The van der Waals surface area contributed by atoms with Crippen LogP contribution in [0.15, 0.2) is 36.5 Å². The summed E-state index contributed by atoms with van der Waals surface area (Å²) in [5, 5.41) is 3.06. The van der Waals surface area contributed by atoms with Crippen molar-refractivity contribution in [3.05, 3.63) is 47.1 Å². The first-order valence-corrected chi connectivity index (χ1v) is 8.76. The summed E-state index contributed by atoms with van der Waals surface area (Å²) in [4.78, 5) is 41.9. The Morgan fingerprint density at radius 1 is 1.26 bits per heavy atom. The maximum atomic E-state index is 12.4. The van der Waals surface area contributed by atoms with Gasteiger partial charge in [0.25, 0.3) is 5.91 Å². The molecule has 0 fully saturated rings. The van der Waals surface area contributed by atoms with Gasteiger partial charge in [-0.2, -0.15) is 0 Å². The topological polar surface area (TPSA) is 88.6 Å². The molecule has 1 N–H and O–H groups in total. The Balaban J connectivity index is 1.63. The molecule has 2 aromatic rings. The first kappa shape index (κ1) is 18.8. The van der Waals surface area contributed by atoms with Crippen LogP contribution in [0.4, 0.5) is 11.5 Å². The van der Waals surface area contributed by atoms with E-state index in [1.807, 2.05) is 0 Å². The monoisotopic (exact) mass is 387 g/mol. The van der Waals surface area contributed by atoms with E-state index in [1.165, 1.54) is 17.2 Å². The number of carbonyl (C=O) groups excluding carboxylic acids is 3. The molecule has 1 atom stereocenters. The molecule has 1 aliphatic rings. The van der Waals surface area contributed by atoms with E-state index in [0.29, 0.717) is 27.8 Å². The molecule has 1 aromatic heterocycles. The van der Waals surface area contributed by atoms with Crippen LogP contribution in [0.25, 0.3) is 0 Å². The molecule has 3 rings (SSSR count). The number of benzene rings is 1. The zero-order valence-electron chi connectivity index (χ0n) is 14.9. The molecule has 27 heavy (non-hydrogen) atoms. The van der Waals surface area contributed by atoms with Crippen molar-refractivity contribution >= 4 is 40.7 Å². The Hall–Kier alpha value is -2.93. The number of Topliss-reactive ketones (excluding diaryl/α,β-unsaturated/α-hetero) is 1. The fourth-order valence-electron chi connectivity index (χ4n) is 2.73. The zero-order valence-corrected chi connectivity index (χ0v) is 15.6. The summed E-state index contributed by atoms with van der Waals surface area (Å²) >= 11 is 5.84. The Labute approximate surface area is 161 Å². The molecule has 7 nitrogen and oxygen atoms in total. The number of likely N-dealkylation sites (N-methyl/N-ethyl adjacent to an activating group) is 1. The predicted octanol–water partition coefficient (Wildman–Crippen LogP) is 3.08. The molecule has 0 aliphatic carbocycles. The maximum Gasteiger partial charge on any atom is 0.267 e. The number of ketones is 1. The van der Waals surface area contributed by atoms with Crippen molar-refractivity contribution < 1.29 is 19.1 Å². The molecule has 2 heterocycles. The number of hydrogen-bond donors (Lipinski definition) is 1. The molecule has 0 bridgehead atoms. The van der Waals surface area contributed by atoms with E-state index >= 15 is 0 Å². The number of hydrogen-bond acceptors (Lipinski definition) is 5. The van der Waals surface area contributed by atoms with Gasteiger partial charge in [-0.15, -0.1) is 0 Å². The molecule has 2 amide bonds. The van der Waals surface area contributed by atoms with Crippen molar-refractivity contribution in [3.63, 3.8) is 0 Å². The molecule has 0 spiro atoms. The van der Waals surface area contributed by atoms with Crippen LogP contribution in [-0.4, -0.2) is 35.7 Å². The Morgan fingerprint density at radius 3 is 2.78 bits per heavy atom. The standard InChI is InChI=1S/C19H18ClN3O4/c1-11-19(26)23(2)14-9-12(3-5-16(14)27-11)15(24)4-6-18(25)22-17-10-13(20)7-8-21-17/h3,5,7-11H,4,6H2,1-2H3,(H,21,22,25). The van der Waals surface area contributed by atoms with Crippen LogP contribution in [0, 0.1) is 0 Å². The van der Waals surface area contributed by atoms with Gasteiger partial charge in [-0.05, 0) is 37.3 Å². The Kier molecular flexibility index (Phi) is 5.41. The SMILES string of the molecule is CC1Oc2ccc(C(=O)CCC(=O)Nc3cc(Cl)ccn3)cc2N(C)C1=O. The van der Waals surface area contributed by atoms with Crippen LogP contribution < -0.4 is 15.0 Å². The normalized spacial score (nSPS) is 15.7. The minimum Gasteiger partial charge on any atom is -0.479 e. The van der Waals surface area contributed by atoms with Gasteiger partial charge >= 0.3 is 0 Å². The number of carbonyl (C=O) groups is 3. The number of pyridine rings is 1. The minimum absolute atomic E-state index is 0.00636. The van der Waals surface area contributed by atoms with Gasteiger partial charge < -0.3 is 15.0 Å². The lowest BCUT2D eigenvalue weighted by Gasteiger charge is -2.30. The second kappa shape index (κ2) is 7.75. The first-order valence-electron chi connectivity index (χ1n) is 8.38. The Morgan fingerprint density at radius 2 is 2.04 bits per heavy atom. The quantitative estimate of drug-likeness (QED) is 0.796. The number of aromatic nitrogens is 1. The fraction of sp³-hybridized carbons (Fsp3) is 0.263. The molecule has 140 valence electrons. The molecule has 8 heteroatoms. The van der Waals surface area contributed by atoms with Crippen LogP contribution in [-0.2, 0) is 9.59 Å². The van der Waals surface area contributed by atoms with Crippen LogP contribution in [0.5, 0.6) is 5.75 Å². The van der Waals surface area contributed by atoms with E-state index in [4.69, 9.17) is 16.3 Å². The highest BCUT2D eigenvalue weighted by Crippen LogP contribution is 2.34. The lowest BCUT2D eigenvalue weighted by atomic mass is 10.0. The van der Waals surface area contributed by atoms with E-state index in [-0.39, 0.29) is 30.4 Å². The van der Waals surface area contributed by atoms with Crippen LogP contribution >= 0.6 is 11.6 Å². The van der Waals surface area contributed by atoms with Gasteiger partial charge in [0.05, 0.1) is 5.69 Å². The summed E-state index contributed by atoms with van der Waals surface area (Å²) in [6.45, 7) is 1.67. The van der Waals surface area contributed by atoms with E-state index in [2.05, 4.69) is 10.3 Å². The van der Waals surface area contributed by atoms with Crippen molar-refractivity contribution in [2.24, 2.45) is 0 Å². The van der Waals surface area contributed by atoms with Gasteiger partial charge in [-0.3, -0.25) is 14.4 Å². The van der Waals surface area contributed by atoms with Crippen molar-refractivity contribution in [1.29, 1.82) is 0 Å². The molecule has 1 unspecified atom stereocenters. The second-order valence-corrected chi connectivity index (χ2v) is 6.61. The summed E-state index contributed by atoms with van der Waals surface area (Å²) in [6.07, 6.45) is 0.955. The van der Waals surface area contributed by atoms with Gasteiger partial charge in [-0.1, -0.05) is 11.6 Å². The highest BCUT2D eigenvalue weighted by atomic mass is 35.5. The summed E-state index contributed by atoms with van der Waals surface area (Å²) in [7, 11) is 1.64. The third kappa shape index (κ3) is 4.25. The molecule has 0 radical (unpaired) electrons. The summed E-state index contributed by atoms with van der Waals surface area (Å²) < 4.78 is 5.54. The van der Waals surface area contributed by atoms with Crippen LogP contribution in [0.3, 0.4) is 0 Å². The van der Waals surface area contributed by atoms with Gasteiger partial charge in [0.2, 0.25) is 5.91 Å². The van der Waals surface area contributed by atoms with Crippen molar-refractivity contribution in [2.75, 3.05) is 17.3 Å². The molecule has 1 aliphatic heterocycles. The number of halogens is 1. The maximum absolute atomic E-state index is 12.4. The number of nitrogens with zero attached hydrogens (tertiary/aromatic N) is 2. The first-order chi connectivity index (χ1) is 12.8. The number of amides is 2. The lowest BCUT2D eigenvalue weighted by molar-refractivity contribution is -0.125. The third-order valence-corrected chi connectivity index (χ3v) is 4.43. The zero-order chi connectivity index (χ0) is 19.6. The average Bonchev–Trinajstić information content (AvgIpc) is 2.64. The van der Waals surface area contributed by atoms with E-state index in [9.17, 15) is 14.4 Å². The smallest absolute Gasteiger partial charge is 0.267 e. The van der Waals surface area contributed by atoms with Gasteiger partial charge in [0, 0.05) is 36.7 Å². The predicted molar refractivity (Wildman–Crippen MR) is 101 cm³/mol. The van der Waals surface area contributed by atoms with E-state index in [1.54, 1.807) is 38.2 Å². The summed E-state index contributed by atoms with van der Waals surface area (Å²) in [6, 6.07) is 8.03. The third-order valence-electron chi connectivity index (χ3n) is 4.19. The number of ether oxygens (including phenoxy) is 1. The minimum atomic E-state index is -0.562. The number of rotatable bonds is 5. The summed E-state index contributed by atoms with van der Waals surface area (Å²) in [5.41, 5.74) is 0.955. The number of anilines is 2. The average molecular weight is 388 g/mol.